The average Bonchev–Trinajstić information content (AvgIpc) is 2.33. The van der Waals surface area contributed by atoms with Gasteiger partial charge in [-0.3, -0.25) is 4.98 Å². The highest BCUT2D eigenvalue weighted by molar-refractivity contribution is 6.42. The summed E-state index contributed by atoms with van der Waals surface area (Å²) in [7, 11) is 0. The second-order valence-electron chi connectivity index (χ2n) is 3.75. The van der Waals surface area contributed by atoms with E-state index in [9.17, 15) is 0 Å². The van der Waals surface area contributed by atoms with E-state index in [-0.39, 0.29) is 0 Å². The van der Waals surface area contributed by atoms with E-state index >= 15 is 0 Å². The maximum Gasteiger partial charge on any atom is 0.0598 e. The smallest absolute Gasteiger partial charge is 0.0598 e. The molecule has 0 aliphatic heterocycles. The number of benzene rings is 1. The SMILES string of the molecule is NCCc1cncc(-c2ccc(Cl)c(Cl)c2)c1. The van der Waals surface area contributed by atoms with Crippen molar-refractivity contribution in [3.05, 3.63) is 52.3 Å². The van der Waals surface area contributed by atoms with Crippen molar-refractivity contribution in [1.82, 2.24) is 4.98 Å². The zero-order valence-corrected chi connectivity index (χ0v) is 10.7. The van der Waals surface area contributed by atoms with Gasteiger partial charge in [0.1, 0.15) is 0 Å². The van der Waals surface area contributed by atoms with Crippen molar-refractivity contribution in [1.29, 1.82) is 0 Å². The molecule has 0 fully saturated rings. The molecule has 1 heterocycles. The third-order valence-electron chi connectivity index (χ3n) is 2.48. The van der Waals surface area contributed by atoms with E-state index in [1.807, 2.05) is 18.3 Å². The van der Waals surface area contributed by atoms with Crippen molar-refractivity contribution in [2.45, 2.75) is 6.42 Å². The fraction of sp³-hybridized carbons (Fsp3) is 0.154. The molecule has 0 unspecified atom stereocenters. The molecule has 1 aromatic carbocycles. The zero-order valence-electron chi connectivity index (χ0n) is 9.16. The van der Waals surface area contributed by atoms with Crippen LogP contribution in [0.3, 0.4) is 0 Å². The van der Waals surface area contributed by atoms with Gasteiger partial charge in [-0.1, -0.05) is 29.3 Å². The van der Waals surface area contributed by atoms with Crippen LogP contribution in [0.1, 0.15) is 5.56 Å². The molecule has 88 valence electrons. The molecule has 0 saturated heterocycles. The van der Waals surface area contributed by atoms with Crippen molar-refractivity contribution >= 4 is 23.2 Å². The first-order valence-corrected chi connectivity index (χ1v) is 6.05. The van der Waals surface area contributed by atoms with Crippen molar-refractivity contribution in [3.63, 3.8) is 0 Å². The van der Waals surface area contributed by atoms with Crippen LogP contribution in [0.5, 0.6) is 0 Å². The van der Waals surface area contributed by atoms with Gasteiger partial charge < -0.3 is 5.73 Å². The van der Waals surface area contributed by atoms with Gasteiger partial charge >= 0.3 is 0 Å². The Balaban J connectivity index is 2.38. The van der Waals surface area contributed by atoms with Crippen LogP contribution in [0.25, 0.3) is 11.1 Å². The lowest BCUT2D eigenvalue weighted by atomic mass is 10.1. The second-order valence-corrected chi connectivity index (χ2v) is 4.56. The van der Waals surface area contributed by atoms with Crippen LogP contribution >= 0.6 is 23.2 Å². The summed E-state index contributed by atoms with van der Waals surface area (Å²) < 4.78 is 0. The summed E-state index contributed by atoms with van der Waals surface area (Å²) in [5, 5.41) is 1.11. The Morgan fingerprint density at radius 1 is 1.00 bits per heavy atom. The Kier molecular flexibility index (Phi) is 4.00. The molecular weight excluding hydrogens is 255 g/mol. The van der Waals surface area contributed by atoms with E-state index in [2.05, 4.69) is 11.1 Å². The topological polar surface area (TPSA) is 38.9 Å². The molecular formula is C13H12Cl2N2. The standard InChI is InChI=1S/C13H12Cl2N2/c14-12-2-1-10(6-13(12)15)11-5-9(3-4-16)7-17-8-11/h1-2,5-8H,3-4,16H2. The summed E-state index contributed by atoms with van der Waals surface area (Å²) in [6.07, 6.45) is 4.45. The third-order valence-corrected chi connectivity index (χ3v) is 3.22. The van der Waals surface area contributed by atoms with E-state index in [0.717, 1.165) is 23.1 Å². The summed E-state index contributed by atoms with van der Waals surface area (Å²) in [5.41, 5.74) is 8.68. The minimum Gasteiger partial charge on any atom is -0.330 e. The number of nitrogens with zero attached hydrogens (tertiary/aromatic N) is 1. The van der Waals surface area contributed by atoms with Crippen LogP contribution in [0.15, 0.2) is 36.7 Å². The van der Waals surface area contributed by atoms with Gasteiger partial charge in [0.15, 0.2) is 0 Å². The second kappa shape index (κ2) is 5.50. The van der Waals surface area contributed by atoms with Gasteiger partial charge in [-0.25, -0.2) is 0 Å². The van der Waals surface area contributed by atoms with Gasteiger partial charge in [0.25, 0.3) is 0 Å². The summed E-state index contributed by atoms with van der Waals surface area (Å²) >= 11 is 11.9. The number of pyridine rings is 1. The lowest BCUT2D eigenvalue weighted by Gasteiger charge is -2.05. The van der Waals surface area contributed by atoms with E-state index < -0.39 is 0 Å². The van der Waals surface area contributed by atoms with Crippen LogP contribution in [0.2, 0.25) is 10.0 Å². The van der Waals surface area contributed by atoms with Gasteiger partial charge in [0, 0.05) is 18.0 Å². The van der Waals surface area contributed by atoms with Crippen LogP contribution in [-0.4, -0.2) is 11.5 Å². The van der Waals surface area contributed by atoms with Crippen LogP contribution in [0.4, 0.5) is 0 Å². The first-order valence-electron chi connectivity index (χ1n) is 5.30. The Morgan fingerprint density at radius 3 is 2.53 bits per heavy atom. The van der Waals surface area contributed by atoms with E-state index in [4.69, 9.17) is 28.9 Å². The highest BCUT2D eigenvalue weighted by Crippen LogP contribution is 2.28. The van der Waals surface area contributed by atoms with Gasteiger partial charge in [-0.05, 0) is 42.3 Å². The average molecular weight is 267 g/mol. The lowest BCUT2D eigenvalue weighted by molar-refractivity contribution is 0.959. The van der Waals surface area contributed by atoms with Crippen molar-refractivity contribution in [2.75, 3.05) is 6.54 Å². The number of nitrogens with two attached hydrogens (primary N) is 1. The van der Waals surface area contributed by atoms with E-state index in [1.165, 1.54) is 0 Å². The monoisotopic (exact) mass is 266 g/mol. The van der Waals surface area contributed by atoms with Crippen LogP contribution in [0, 0.1) is 0 Å². The zero-order chi connectivity index (χ0) is 12.3. The number of rotatable bonds is 3. The first kappa shape index (κ1) is 12.4. The maximum atomic E-state index is 5.99. The molecule has 4 heteroatoms. The normalized spacial score (nSPS) is 10.5. The van der Waals surface area contributed by atoms with Crippen LogP contribution < -0.4 is 5.73 Å². The Hall–Kier alpha value is -1.09. The maximum absolute atomic E-state index is 5.99. The largest absolute Gasteiger partial charge is 0.330 e. The first-order chi connectivity index (χ1) is 8.20. The molecule has 0 atom stereocenters. The Morgan fingerprint density at radius 2 is 1.82 bits per heavy atom. The summed E-state index contributed by atoms with van der Waals surface area (Å²) in [5.74, 6) is 0. The molecule has 0 saturated carbocycles. The van der Waals surface area contributed by atoms with Gasteiger partial charge in [0.2, 0.25) is 0 Å². The molecule has 2 aromatic rings. The quantitative estimate of drug-likeness (QED) is 0.923. The third kappa shape index (κ3) is 2.97. The predicted molar refractivity (Wildman–Crippen MR) is 72.5 cm³/mol. The molecule has 17 heavy (non-hydrogen) atoms. The highest BCUT2D eigenvalue weighted by Gasteiger charge is 2.03. The summed E-state index contributed by atoms with van der Waals surface area (Å²) in [6.45, 7) is 0.618. The number of hydrogen-bond acceptors (Lipinski definition) is 2. The predicted octanol–water partition coefficient (Wildman–Crippen LogP) is 3.56. The number of aromatic nitrogens is 1. The molecule has 2 N–H and O–H groups in total. The number of halogens is 2. The molecule has 1 aromatic heterocycles. The van der Waals surface area contributed by atoms with Crippen molar-refractivity contribution in [3.8, 4) is 11.1 Å². The number of hydrogen-bond donors (Lipinski definition) is 1. The van der Waals surface area contributed by atoms with E-state index in [1.54, 1.807) is 12.3 Å². The van der Waals surface area contributed by atoms with Gasteiger partial charge in [-0.2, -0.15) is 0 Å². The molecule has 0 aliphatic rings. The van der Waals surface area contributed by atoms with Gasteiger partial charge in [-0.15, -0.1) is 0 Å². The van der Waals surface area contributed by atoms with E-state index in [0.29, 0.717) is 16.6 Å². The van der Waals surface area contributed by atoms with Crippen LogP contribution in [-0.2, 0) is 6.42 Å². The fourth-order valence-corrected chi connectivity index (χ4v) is 1.92. The lowest BCUT2D eigenvalue weighted by Crippen LogP contribution is -2.02. The Labute approximate surface area is 110 Å². The molecule has 2 nitrogen and oxygen atoms in total. The minimum absolute atomic E-state index is 0.549. The highest BCUT2D eigenvalue weighted by atomic mass is 35.5. The molecule has 0 spiro atoms. The fourth-order valence-electron chi connectivity index (χ4n) is 1.62. The molecule has 0 amide bonds. The molecule has 0 bridgehead atoms. The molecule has 0 radical (unpaired) electrons. The Bertz CT molecular complexity index is 527. The summed E-state index contributed by atoms with van der Waals surface area (Å²) in [6, 6.07) is 7.62. The van der Waals surface area contributed by atoms with Crippen molar-refractivity contribution < 1.29 is 0 Å². The minimum atomic E-state index is 0.549. The van der Waals surface area contributed by atoms with Crippen molar-refractivity contribution in [2.24, 2.45) is 5.73 Å². The van der Waals surface area contributed by atoms with Gasteiger partial charge in [0.05, 0.1) is 10.0 Å². The molecule has 2 rings (SSSR count). The summed E-state index contributed by atoms with van der Waals surface area (Å²) in [4.78, 5) is 4.20. The molecule has 0 aliphatic carbocycles.